The van der Waals surface area contributed by atoms with Gasteiger partial charge in [-0.25, -0.2) is 22.8 Å². The summed E-state index contributed by atoms with van der Waals surface area (Å²) in [5.41, 5.74) is 30.2. The van der Waals surface area contributed by atoms with Crippen LogP contribution in [-0.4, -0.2) is 0 Å². The van der Waals surface area contributed by atoms with Crippen molar-refractivity contribution in [3.8, 4) is 56.3 Å². The van der Waals surface area contributed by atoms with Crippen molar-refractivity contribution in [2.75, 3.05) is 0 Å². The molecule has 0 bridgehead atoms. The zero-order chi connectivity index (χ0) is 60.2. The first-order chi connectivity index (χ1) is 38.8. The molecule has 0 N–H and O–H groups in total. The summed E-state index contributed by atoms with van der Waals surface area (Å²) < 4.78 is 32.9. The van der Waals surface area contributed by atoms with E-state index in [0.717, 1.165) is 11.3 Å². The Hall–Kier alpha value is -8.15. The molecule has 0 aliphatic heterocycles. The summed E-state index contributed by atoms with van der Waals surface area (Å²) >= 11 is 0. The number of aryl methyl sites for hydroxylation is 16. The molecule has 79 heavy (non-hydrogen) atoms. The minimum Gasteiger partial charge on any atom is -0.201 e. The molecule has 404 valence electrons. The van der Waals surface area contributed by atoms with Crippen LogP contribution in [0.3, 0.4) is 0 Å². The lowest BCUT2D eigenvalue weighted by Gasteiger charge is -2.10. The van der Waals surface area contributed by atoms with Crippen LogP contribution >= 0.6 is 0 Å². The number of pyridine rings is 5. The number of benzene rings is 5. The first-order valence-electron chi connectivity index (χ1n) is 29.0. The monoisotopic (exact) mass is 1050 g/mol. The molecule has 10 rings (SSSR count). The second-order valence-electron chi connectivity index (χ2n) is 21.5. The third-order valence-electron chi connectivity index (χ3n) is 15.1. The van der Waals surface area contributed by atoms with Crippen LogP contribution in [0, 0.1) is 96.9 Å². The second kappa shape index (κ2) is 27.4. The largest absolute Gasteiger partial charge is 0.215 e. The van der Waals surface area contributed by atoms with E-state index in [1.807, 2.05) is 48.9 Å². The van der Waals surface area contributed by atoms with E-state index in [4.69, 9.17) is 4.11 Å². The lowest BCUT2D eigenvalue weighted by Crippen LogP contribution is -2.33. The molecule has 0 amide bonds. The number of hydrogen-bond acceptors (Lipinski definition) is 0. The van der Waals surface area contributed by atoms with E-state index in [1.54, 1.807) is 12.3 Å². The van der Waals surface area contributed by atoms with Crippen molar-refractivity contribution in [1.82, 2.24) is 0 Å². The van der Waals surface area contributed by atoms with Gasteiger partial charge in [0.2, 0.25) is 28.5 Å². The Morgan fingerprint density at radius 3 is 1.15 bits per heavy atom. The standard InChI is InChI=1S/C16H20N.2C15H18N.2C14H16N/c1-11-8-6-7-9-15(11)16-14(4)13(3)12(2)10-17(16)5;1-11-9-13(3)15(16(4)10-11)14-8-6-5-7-12(14)2;1-11-9-10-16(4)15(13(11)3)14-8-6-5-7-12(14)2;1-11-8-9-15(3)14(10-11)13-7-5-4-6-12(13)2;1-11-8-9-14(15(3)10-11)13-7-5-4-6-12(13)2/h6-10H,1-5H3;2*5-10H,1-4H3;2*4-10H,1-3H3/q5*+1/i;;;;1D3. The third kappa shape index (κ3) is 15.1. The van der Waals surface area contributed by atoms with Crippen molar-refractivity contribution < 1.29 is 26.9 Å². The summed E-state index contributed by atoms with van der Waals surface area (Å²) in [6.45, 7) is 26.0. The Kier molecular flexibility index (Phi) is 19.3. The minimum absolute atomic E-state index is 0.363. The first-order valence-corrected chi connectivity index (χ1v) is 27.5. The van der Waals surface area contributed by atoms with E-state index in [0.29, 0.717) is 5.56 Å². The Morgan fingerprint density at radius 2 is 0.684 bits per heavy atom. The van der Waals surface area contributed by atoms with E-state index < -0.39 is 6.85 Å². The lowest BCUT2D eigenvalue weighted by atomic mass is 9.97. The van der Waals surface area contributed by atoms with Crippen LogP contribution in [0.4, 0.5) is 0 Å². The molecule has 0 saturated carbocycles. The van der Waals surface area contributed by atoms with Crippen LogP contribution in [0.5, 0.6) is 0 Å². The Morgan fingerprint density at radius 1 is 0.266 bits per heavy atom. The molecule has 0 aliphatic carbocycles. The molecule has 0 radical (unpaired) electrons. The third-order valence-corrected chi connectivity index (χ3v) is 15.1. The Balaban J connectivity index is 0.000000165. The van der Waals surface area contributed by atoms with E-state index in [2.05, 4.69) is 276 Å². The van der Waals surface area contributed by atoms with Gasteiger partial charge in [-0.05, 0) is 184 Å². The molecule has 5 aromatic heterocycles. The molecule has 5 aromatic carbocycles. The fourth-order valence-electron chi connectivity index (χ4n) is 10.4. The van der Waals surface area contributed by atoms with Crippen molar-refractivity contribution in [3.05, 3.63) is 267 Å². The van der Waals surface area contributed by atoms with Gasteiger partial charge in [0, 0.05) is 89.6 Å². The predicted molar refractivity (Wildman–Crippen MR) is 332 cm³/mol. The van der Waals surface area contributed by atoms with E-state index in [9.17, 15) is 0 Å². The summed E-state index contributed by atoms with van der Waals surface area (Å²) in [6.07, 6.45) is 10.3. The van der Waals surface area contributed by atoms with Crippen LogP contribution in [0.15, 0.2) is 189 Å². The van der Waals surface area contributed by atoms with Crippen molar-refractivity contribution in [2.45, 2.75) is 96.9 Å². The highest BCUT2D eigenvalue weighted by molar-refractivity contribution is 5.67. The first kappa shape index (κ1) is 55.6. The maximum atomic E-state index is 7.41. The highest BCUT2D eigenvalue weighted by Crippen LogP contribution is 2.28. The smallest absolute Gasteiger partial charge is 0.201 e. The molecular formula is C74H88N5+5. The Labute approximate surface area is 479 Å². The maximum Gasteiger partial charge on any atom is 0.215 e. The normalized spacial score (nSPS) is 11.2. The average molecular weight is 1050 g/mol. The van der Waals surface area contributed by atoms with Gasteiger partial charge in [0.1, 0.15) is 35.2 Å². The summed E-state index contributed by atoms with van der Waals surface area (Å²) in [5, 5.41) is 0. The molecule has 5 nitrogen and oxygen atoms in total. The lowest BCUT2D eigenvalue weighted by molar-refractivity contribution is -0.661. The van der Waals surface area contributed by atoms with Crippen LogP contribution in [0.2, 0.25) is 0 Å². The number of nitrogens with zero attached hydrogens (tertiary/aromatic N) is 5. The van der Waals surface area contributed by atoms with Crippen LogP contribution in [0.25, 0.3) is 56.3 Å². The number of hydrogen-bond donors (Lipinski definition) is 0. The molecule has 0 fully saturated rings. The summed E-state index contributed by atoms with van der Waals surface area (Å²) in [6, 6.07) is 54.5. The number of aromatic nitrogens is 5. The molecule has 0 unspecified atom stereocenters. The number of rotatable bonds is 5. The van der Waals surface area contributed by atoms with Gasteiger partial charge in [-0.15, -0.1) is 0 Å². The quantitative estimate of drug-likeness (QED) is 0.153. The summed E-state index contributed by atoms with van der Waals surface area (Å²) in [5.74, 6) is 0. The van der Waals surface area contributed by atoms with E-state index >= 15 is 0 Å². The van der Waals surface area contributed by atoms with Gasteiger partial charge in [0.05, 0.1) is 0 Å². The van der Waals surface area contributed by atoms with Crippen LogP contribution in [0.1, 0.15) is 82.0 Å². The molecular weight excluding hydrogens is 959 g/mol. The van der Waals surface area contributed by atoms with Gasteiger partial charge in [-0.3, -0.25) is 0 Å². The summed E-state index contributed by atoms with van der Waals surface area (Å²) in [7, 11) is 10.3. The van der Waals surface area contributed by atoms with Crippen molar-refractivity contribution >= 4 is 0 Å². The topological polar surface area (TPSA) is 19.4 Å². The fourth-order valence-corrected chi connectivity index (χ4v) is 10.4. The van der Waals surface area contributed by atoms with Gasteiger partial charge in [-0.2, -0.15) is 0 Å². The fraction of sp³-hybridized carbons (Fsp3) is 0.257. The average Bonchev–Trinajstić information content (AvgIpc) is 3.52. The Bertz CT molecular complexity index is 3830. The molecule has 0 saturated heterocycles. The molecule has 10 aromatic rings. The van der Waals surface area contributed by atoms with Gasteiger partial charge >= 0.3 is 0 Å². The highest BCUT2D eigenvalue weighted by Gasteiger charge is 2.20. The van der Waals surface area contributed by atoms with E-state index in [1.165, 1.54) is 117 Å². The zero-order valence-corrected chi connectivity index (χ0v) is 50.6. The van der Waals surface area contributed by atoms with Crippen molar-refractivity contribution in [1.29, 1.82) is 0 Å². The van der Waals surface area contributed by atoms with Crippen LogP contribution in [-0.2, 0) is 35.2 Å². The van der Waals surface area contributed by atoms with Crippen LogP contribution < -0.4 is 22.8 Å². The second-order valence-corrected chi connectivity index (χ2v) is 21.5. The maximum absolute atomic E-state index is 7.41. The predicted octanol–water partition coefficient (Wildman–Crippen LogP) is 15.2. The molecule has 5 heteroatoms. The van der Waals surface area contributed by atoms with Gasteiger partial charge in [0.25, 0.3) is 0 Å². The minimum atomic E-state index is -2.05. The highest BCUT2D eigenvalue weighted by atomic mass is 14.9. The molecule has 0 spiro atoms. The SMILES string of the molecule is Cc1cc(C)c(-c2ccccc2C)[n+](C)c1.Cc1cc[n+](C)c(-c2ccccc2C)c1.Cc1ccccc1-c1c(C)c(C)c(C)c[n+]1C.Cc1ccccc1-c1c(C)c(C)cc[n+]1C.[2H]C([2H])([2H])c1ccc(-c2ccccc2C)[n+](C)c1. The molecule has 0 aliphatic rings. The molecule has 0 atom stereocenters. The van der Waals surface area contributed by atoms with Crippen molar-refractivity contribution in [2.24, 2.45) is 35.2 Å². The van der Waals surface area contributed by atoms with Crippen molar-refractivity contribution in [3.63, 3.8) is 0 Å². The summed E-state index contributed by atoms with van der Waals surface area (Å²) in [4.78, 5) is 0. The molecule has 5 heterocycles. The van der Waals surface area contributed by atoms with Gasteiger partial charge in [-0.1, -0.05) is 91.0 Å². The van der Waals surface area contributed by atoms with Gasteiger partial charge < -0.3 is 0 Å². The van der Waals surface area contributed by atoms with E-state index in [-0.39, 0.29) is 0 Å². The van der Waals surface area contributed by atoms with Gasteiger partial charge in [0.15, 0.2) is 31.0 Å². The zero-order valence-electron chi connectivity index (χ0n) is 53.6.